The third kappa shape index (κ3) is 1.11. The van der Waals surface area contributed by atoms with Gasteiger partial charge in [-0.1, -0.05) is 28.1 Å². The predicted octanol–water partition coefficient (Wildman–Crippen LogP) is 3.73. The van der Waals surface area contributed by atoms with E-state index in [2.05, 4.69) is 15.9 Å². The fraction of sp³-hybridized carbons (Fsp3) is 0.333. The minimum atomic E-state index is -4.07. The van der Waals surface area contributed by atoms with Gasteiger partial charge in [-0.15, -0.1) is 0 Å². The van der Waals surface area contributed by atoms with E-state index >= 15 is 0 Å². The maximum atomic E-state index is 13.2. The number of rotatable bonds is 0. The zero-order valence-electron chi connectivity index (χ0n) is 6.83. The molecule has 0 fully saturated rings. The lowest BCUT2D eigenvalue weighted by Gasteiger charge is -2.19. The molecule has 2 rings (SSSR count). The van der Waals surface area contributed by atoms with Crippen molar-refractivity contribution in [3.63, 3.8) is 0 Å². The van der Waals surface area contributed by atoms with Crippen LogP contribution in [-0.2, 0) is 12.3 Å². The molecule has 76 valence electrons. The van der Waals surface area contributed by atoms with E-state index in [1.54, 1.807) is 0 Å². The van der Waals surface area contributed by atoms with Crippen molar-refractivity contribution >= 4 is 15.9 Å². The summed E-state index contributed by atoms with van der Waals surface area (Å²) in [6.07, 6.45) is -0.894. The second-order valence-corrected chi connectivity index (χ2v) is 4.08. The van der Waals surface area contributed by atoms with E-state index in [4.69, 9.17) is 0 Å². The van der Waals surface area contributed by atoms with Gasteiger partial charge in [0.2, 0.25) is 0 Å². The number of halogens is 5. The second kappa shape index (κ2) is 2.72. The normalized spacial score (nSPS) is 22.1. The van der Waals surface area contributed by atoms with Crippen molar-refractivity contribution in [3.8, 4) is 0 Å². The average Bonchev–Trinajstić information content (AvgIpc) is 2.19. The van der Waals surface area contributed by atoms with Crippen LogP contribution in [0.4, 0.5) is 17.6 Å². The quantitative estimate of drug-likeness (QED) is 0.629. The van der Waals surface area contributed by atoms with Crippen molar-refractivity contribution in [1.29, 1.82) is 0 Å². The first-order valence-electron chi connectivity index (χ1n) is 3.90. The van der Waals surface area contributed by atoms with Crippen LogP contribution >= 0.6 is 15.9 Å². The van der Waals surface area contributed by atoms with Crippen LogP contribution in [0.2, 0.25) is 0 Å². The molecule has 1 aromatic carbocycles. The minimum absolute atomic E-state index is 0.00868. The number of hydrogen-bond donors (Lipinski definition) is 0. The van der Waals surface area contributed by atoms with Crippen LogP contribution in [0, 0.1) is 0 Å². The molecule has 5 heteroatoms. The Kier molecular flexibility index (Phi) is 1.93. The molecule has 1 aromatic rings. The summed E-state index contributed by atoms with van der Waals surface area (Å²) in [5.41, 5.74) is -0.570. The summed E-state index contributed by atoms with van der Waals surface area (Å²) in [6, 6.07) is 4.11. The molecule has 0 bridgehead atoms. The van der Waals surface area contributed by atoms with Gasteiger partial charge in [-0.05, 0) is 11.6 Å². The van der Waals surface area contributed by atoms with Gasteiger partial charge in [0.15, 0.2) is 0 Å². The summed E-state index contributed by atoms with van der Waals surface area (Å²) >= 11 is 2.86. The first-order valence-corrected chi connectivity index (χ1v) is 4.69. The maximum Gasteiger partial charge on any atom is 0.337 e. The molecule has 1 aliphatic carbocycles. The molecule has 0 nitrogen and oxygen atoms in total. The monoisotopic (exact) mass is 268 g/mol. The van der Waals surface area contributed by atoms with Crippen LogP contribution in [0.1, 0.15) is 11.1 Å². The number of benzene rings is 1. The van der Waals surface area contributed by atoms with E-state index < -0.39 is 23.8 Å². The van der Waals surface area contributed by atoms with Crippen LogP contribution < -0.4 is 0 Å². The zero-order valence-corrected chi connectivity index (χ0v) is 8.41. The van der Waals surface area contributed by atoms with Gasteiger partial charge in [-0.25, -0.2) is 0 Å². The van der Waals surface area contributed by atoms with Gasteiger partial charge < -0.3 is 0 Å². The summed E-state index contributed by atoms with van der Waals surface area (Å²) < 4.78 is 52.3. The van der Waals surface area contributed by atoms with Crippen LogP contribution in [0.25, 0.3) is 0 Å². The molecule has 14 heavy (non-hydrogen) atoms. The van der Waals surface area contributed by atoms with E-state index in [-0.39, 0.29) is 10.0 Å². The Hall–Kier alpha value is -0.580. The fourth-order valence-corrected chi connectivity index (χ4v) is 2.26. The highest BCUT2D eigenvalue weighted by molar-refractivity contribution is 9.10. The molecule has 0 saturated carbocycles. The van der Waals surface area contributed by atoms with E-state index in [1.165, 1.54) is 18.2 Å². The molecule has 0 saturated heterocycles. The SMILES string of the molecule is FC1(F)Cc2cccc(Br)c2C1(F)F. The topological polar surface area (TPSA) is 0 Å². The number of alkyl halides is 4. The third-order valence-electron chi connectivity index (χ3n) is 2.29. The van der Waals surface area contributed by atoms with Crippen molar-refractivity contribution in [3.05, 3.63) is 33.8 Å². The van der Waals surface area contributed by atoms with Crippen LogP contribution in [0.15, 0.2) is 22.7 Å². The predicted molar refractivity (Wildman–Crippen MR) is 46.7 cm³/mol. The average molecular weight is 269 g/mol. The lowest BCUT2D eigenvalue weighted by molar-refractivity contribution is -0.202. The molecule has 0 atom stereocenters. The molecular weight excluding hydrogens is 264 g/mol. The molecule has 0 N–H and O–H groups in total. The van der Waals surface area contributed by atoms with Crippen molar-refractivity contribution in [2.24, 2.45) is 0 Å². The Morgan fingerprint density at radius 3 is 2.36 bits per heavy atom. The Balaban J connectivity index is 2.68. The molecule has 0 spiro atoms. The highest BCUT2D eigenvalue weighted by Crippen LogP contribution is 2.53. The summed E-state index contributed by atoms with van der Waals surface area (Å²) in [6.45, 7) is 0. The van der Waals surface area contributed by atoms with Crippen molar-refractivity contribution in [2.75, 3.05) is 0 Å². The molecule has 0 unspecified atom stereocenters. The minimum Gasteiger partial charge on any atom is -0.199 e. The lowest BCUT2D eigenvalue weighted by Crippen LogP contribution is -2.33. The first-order chi connectivity index (χ1) is 6.36. The van der Waals surface area contributed by atoms with E-state index in [1.807, 2.05) is 0 Å². The molecule has 1 aliphatic rings. The van der Waals surface area contributed by atoms with Gasteiger partial charge >= 0.3 is 11.8 Å². The van der Waals surface area contributed by atoms with Gasteiger partial charge in [-0.2, -0.15) is 17.6 Å². The number of fused-ring (bicyclic) bond motifs is 1. The first kappa shape index (κ1) is 9.96. The smallest absolute Gasteiger partial charge is 0.199 e. The molecule has 0 aromatic heterocycles. The van der Waals surface area contributed by atoms with E-state index in [0.29, 0.717) is 0 Å². The molecule has 0 heterocycles. The van der Waals surface area contributed by atoms with Crippen molar-refractivity contribution in [2.45, 2.75) is 18.3 Å². The second-order valence-electron chi connectivity index (χ2n) is 3.23. The Morgan fingerprint density at radius 2 is 1.79 bits per heavy atom. The lowest BCUT2D eigenvalue weighted by atomic mass is 10.1. The summed E-state index contributed by atoms with van der Waals surface area (Å²) in [4.78, 5) is 0. The largest absolute Gasteiger partial charge is 0.337 e. The standard InChI is InChI=1S/C9H5BrF4/c10-6-3-1-2-5-4-8(11,12)9(13,14)7(5)6/h1-3H,4H2. The van der Waals surface area contributed by atoms with Crippen molar-refractivity contribution < 1.29 is 17.6 Å². The van der Waals surface area contributed by atoms with Gasteiger partial charge in [0.1, 0.15) is 0 Å². The van der Waals surface area contributed by atoms with Gasteiger partial charge in [-0.3, -0.25) is 0 Å². The fourth-order valence-electron chi connectivity index (χ4n) is 1.60. The summed E-state index contributed by atoms with van der Waals surface area (Å²) in [7, 11) is 0. The number of hydrogen-bond acceptors (Lipinski definition) is 0. The molecule has 0 radical (unpaired) electrons. The van der Waals surface area contributed by atoms with E-state index in [0.717, 1.165) is 0 Å². The Bertz CT molecular complexity index is 386. The summed E-state index contributed by atoms with van der Waals surface area (Å²) in [5, 5.41) is 0. The highest BCUT2D eigenvalue weighted by Gasteiger charge is 2.63. The maximum absolute atomic E-state index is 13.2. The Morgan fingerprint density at radius 1 is 1.14 bits per heavy atom. The van der Waals surface area contributed by atoms with Crippen molar-refractivity contribution in [1.82, 2.24) is 0 Å². The Labute approximate surface area is 86.1 Å². The zero-order chi connectivity index (χ0) is 10.6. The van der Waals surface area contributed by atoms with Gasteiger partial charge in [0, 0.05) is 16.5 Å². The van der Waals surface area contributed by atoms with Crippen LogP contribution in [0.3, 0.4) is 0 Å². The van der Waals surface area contributed by atoms with Gasteiger partial charge in [0.05, 0.1) is 0 Å². The van der Waals surface area contributed by atoms with Crippen LogP contribution in [-0.4, -0.2) is 5.92 Å². The third-order valence-corrected chi connectivity index (χ3v) is 2.95. The molecular formula is C9H5BrF4. The molecule has 0 amide bonds. The highest BCUT2D eigenvalue weighted by atomic mass is 79.9. The van der Waals surface area contributed by atoms with Crippen LogP contribution in [0.5, 0.6) is 0 Å². The van der Waals surface area contributed by atoms with E-state index in [9.17, 15) is 17.6 Å². The molecule has 0 aliphatic heterocycles. The summed E-state index contributed by atoms with van der Waals surface area (Å²) in [5.74, 6) is -8.04. The van der Waals surface area contributed by atoms with Gasteiger partial charge in [0.25, 0.3) is 0 Å².